The molecule has 1 aliphatic rings. The average Bonchev–Trinajstić information content (AvgIpc) is 2.76. The summed E-state index contributed by atoms with van der Waals surface area (Å²) in [6, 6.07) is 22.8. The van der Waals surface area contributed by atoms with Gasteiger partial charge in [-0.15, -0.1) is 0 Å². The Hall–Kier alpha value is -3.86. The van der Waals surface area contributed by atoms with Crippen molar-refractivity contribution in [1.82, 2.24) is 5.32 Å². The lowest BCUT2D eigenvalue weighted by Gasteiger charge is -2.30. The summed E-state index contributed by atoms with van der Waals surface area (Å²) in [6.45, 7) is 6.33. The summed E-state index contributed by atoms with van der Waals surface area (Å²) in [5, 5.41) is 2.87. The predicted molar refractivity (Wildman–Crippen MR) is 126 cm³/mol. The van der Waals surface area contributed by atoms with Gasteiger partial charge in [-0.05, 0) is 62.2 Å². The Kier molecular flexibility index (Phi) is 6.08. The molecule has 1 N–H and O–H groups in total. The van der Waals surface area contributed by atoms with Gasteiger partial charge in [0.05, 0.1) is 12.2 Å². The van der Waals surface area contributed by atoms with Gasteiger partial charge in [-0.2, -0.15) is 0 Å². The van der Waals surface area contributed by atoms with E-state index < -0.39 is 0 Å². The van der Waals surface area contributed by atoms with Crippen LogP contribution in [0, 0.1) is 6.92 Å². The zero-order valence-electron chi connectivity index (χ0n) is 18.5. The topological polar surface area (TPSA) is 58.6 Å². The molecule has 0 bridgehead atoms. The molecule has 1 heterocycles. The van der Waals surface area contributed by atoms with Crippen LogP contribution in [-0.4, -0.2) is 17.9 Å². The van der Waals surface area contributed by atoms with Gasteiger partial charge in [-0.3, -0.25) is 14.5 Å². The van der Waals surface area contributed by atoms with Crippen LogP contribution in [0.25, 0.3) is 6.08 Å². The Bertz CT molecular complexity index is 1180. The second-order valence-corrected chi connectivity index (χ2v) is 8.21. The molecule has 162 valence electrons. The normalized spacial score (nSPS) is 14.3. The van der Waals surface area contributed by atoms with E-state index in [0.717, 1.165) is 22.4 Å². The van der Waals surface area contributed by atoms with E-state index in [1.165, 1.54) is 0 Å². The average molecular weight is 427 g/mol. The minimum atomic E-state index is -0.202. The van der Waals surface area contributed by atoms with Crippen LogP contribution in [-0.2, 0) is 11.3 Å². The molecular weight excluding hydrogens is 400 g/mol. The smallest absolute Gasteiger partial charge is 0.294 e. The van der Waals surface area contributed by atoms with E-state index in [0.29, 0.717) is 17.9 Å². The van der Waals surface area contributed by atoms with Gasteiger partial charge in [0.25, 0.3) is 11.8 Å². The first-order chi connectivity index (χ1) is 15.4. The van der Waals surface area contributed by atoms with Crippen LogP contribution in [0.1, 0.15) is 40.9 Å². The molecule has 4 rings (SSSR count). The number of hydrogen-bond donors (Lipinski definition) is 1. The number of nitrogens with one attached hydrogen (secondary N) is 1. The molecule has 3 aromatic carbocycles. The van der Waals surface area contributed by atoms with E-state index in [9.17, 15) is 9.59 Å². The molecule has 0 saturated heterocycles. The first-order valence-corrected chi connectivity index (χ1v) is 10.7. The standard InChI is InChI=1S/C27H26N2O3/c1-18(2)28-26(30)22-13-11-20(12-14-22)16-25-27(31)29(17-21-8-6-7-19(3)15-21)23-9-4-5-10-24(23)32-25/h4-16,18H,17H2,1-3H3,(H,28,30). The largest absolute Gasteiger partial charge is 0.449 e. The monoisotopic (exact) mass is 426 g/mol. The van der Waals surface area contributed by atoms with Crippen LogP contribution in [0.2, 0.25) is 0 Å². The first kappa shape index (κ1) is 21.4. The summed E-state index contributed by atoms with van der Waals surface area (Å²) in [5.41, 5.74) is 4.30. The highest BCUT2D eigenvalue weighted by atomic mass is 16.5. The number of anilines is 1. The molecule has 0 aromatic heterocycles. The SMILES string of the molecule is Cc1cccc(CN2C(=O)C(=Cc3ccc(C(=O)NC(C)C)cc3)Oc3ccccc32)c1. The zero-order valence-corrected chi connectivity index (χ0v) is 18.5. The maximum atomic E-state index is 13.3. The Morgan fingerprint density at radius 2 is 1.78 bits per heavy atom. The number of carbonyl (C=O) groups excluding carboxylic acids is 2. The zero-order chi connectivity index (χ0) is 22.7. The molecule has 2 amide bonds. The number of carbonyl (C=O) groups is 2. The van der Waals surface area contributed by atoms with Gasteiger partial charge in [0.15, 0.2) is 11.5 Å². The number of amides is 2. The molecule has 0 radical (unpaired) electrons. The van der Waals surface area contributed by atoms with Crippen molar-refractivity contribution in [3.8, 4) is 5.75 Å². The number of para-hydroxylation sites is 2. The highest BCUT2D eigenvalue weighted by molar-refractivity contribution is 6.09. The van der Waals surface area contributed by atoms with Crippen molar-refractivity contribution in [2.45, 2.75) is 33.4 Å². The van der Waals surface area contributed by atoms with Crippen molar-refractivity contribution in [1.29, 1.82) is 0 Å². The van der Waals surface area contributed by atoms with Crippen LogP contribution in [0.4, 0.5) is 5.69 Å². The van der Waals surface area contributed by atoms with E-state index in [4.69, 9.17) is 4.74 Å². The molecule has 0 unspecified atom stereocenters. The van der Waals surface area contributed by atoms with Crippen LogP contribution < -0.4 is 15.0 Å². The Balaban J connectivity index is 1.63. The second-order valence-electron chi connectivity index (χ2n) is 8.21. The third kappa shape index (κ3) is 4.72. The predicted octanol–water partition coefficient (Wildman–Crippen LogP) is 5.10. The first-order valence-electron chi connectivity index (χ1n) is 10.7. The number of nitrogens with zero attached hydrogens (tertiary/aromatic N) is 1. The Morgan fingerprint density at radius 3 is 2.50 bits per heavy atom. The van der Waals surface area contributed by atoms with Gasteiger partial charge < -0.3 is 10.1 Å². The molecule has 0 aliphatic carbocycles. The summed E-state index contributed by atoms with van der Waals surface area (Å²) in [4.78, 5) is 27.3. The molecule has 5 heteroatoms. The molecule has 0 saturated carbocycles. The maximum absolute atomic E-state index is 13.3. The van der Waals surface area contributed by atoms with Gasteiger partial charge >= 0.3 is 0 Å². The number of fused-ring (bicyclic) bond motifs is 1. The fourth-order valence-electron chi connectivity index (χ4n) is 3.64. The van der Waals surface area contributed by atoms with Gasteiger partial charge in [0.1, 0.15) is 0 Å². The van der Waals surface area contributed by atoms with Crippen molar-refractivity contribution in [2.75, 3.05) is 4.90 Å². The molecule has 0 fully saturated rings. The minimum Gasteiger partial charge on any atom is -0.449 e. The van der Waals surface area contributed by atoms with Crippen molar-refractivity contribution in [3.63, 3.8) is 0 Å². The van der Waals surface area contributed by atoms with Crippen molar-refractivity contribution >= 4 is 23.6 Å². The van der Waals surface area contributed by atoms with E-state index >= 15 is 0 Å². The van der Waals surface area contributed by atoms with Gasteiger partial charge in [-0.1, -0.05) is 54.1 Å². The van der Waals surface area contributed by atoms with Gasteiger partial charge in [0, 0.05) is 11.6 Å². The second kappa shape index (κ2) is 9.10. The van der Waals surface area contributed by atoms with E-state index in [2.05, 4.69) is 11.4 Å². The van der Waals surface area contributed by atoms with Crippen LogP contribution in [0.3, 0.4) is 0 Å². The minimum absolute atomic E-state index is 0.0667. The van der Waals surface area contributed by atoms with E-state index in [-0.39, 0.29) is 23.6 Å². The molecule has 32 heavy (non-hydrogen) atoms. The van der Waals surface area contributed by atoms with Crippen molar-refractivity contribution in [2.24, 2.45) is 0 Å². The summed E-state index contributed by atoms with van der Waals surface area (Å²) >= 11 is 0. The van der Waals surface area contributed by atoms with Crippen molar-refractivity contribution < 1.29 is 14.3 Å². The van der Waals surface area contributed by atoms with Gasteiger partial charge in [0.2, 0.25) is 0 Å². The number of ether oxygens (including phenoxy) is 1. The third-order valence-corrected chi connectivity index (χ3v) is 5.15. The molecule has 0 spiro atoms. The quantitative estimate of drug-likeness (QED) is 0.578. The summed E-state index contributed by atoms with van der Waals surface area (Å²) in [6.07, 6.45) is 1.71. The molecular formula is C27H26N2O3. The lowest BCUT2D eigenvalue weighted by atomic mass is 10.1. The molecule has 3 aromatic rings. The fraction of sp³-hybridized carbons (Fsp3) is 0.185. The number of hydrogen-bond acceptors (Lipinski definition) is 3. The Labute approximate surface area is 188 Å². The van der Waals surface area contributed by atoms with Crippen molar-refractivity contribution in [3.05, 3.63) is 101 Å². The lowest BCUT2D eigenvalue weighted by Crippen LogP contribution is -2.36. The molecule has 5 nitrogen and oxygen atoms in total. The highest BCUT2D eigenvalue weighted by Crippen LogP contribution is 2.36. The van der Waals surface area contributed by atoms with E-state index in [1.807, 2.05) is 75.4 Å². The maximum Gasteiger partial charge on any atom is 0.294 e. The summed E-state index contributed by atoms with van der Waals surface area (Å²) in [7, 11) is 0. The van der Waals surface area contributed by atoms with E-state index in [1.54, 1.807) is 23.1 Å². The summed E-state index contributed by atoms with van der Waals surface area (Å²) < 4.78 is 5.96. The number of aryl methyl sites for hydroxylation is 1. The van der Waals surface area contributed by atoms with Crippen LogP contribution >= 0.6 is 0 Å². The Morgan fingerprint density at radius 1 is 1.03 bits per heavy atom. The van der Waals surface area contributed by atoms with Crippen LogP contribution in [0.5, 0.6) is 5.75 Å². The number of rotatable bonds is 5. The fourth-order valence-corrected chi connectivity index (χ4v) is 3.64. The lowest BCUT2D eigenvalue weighted by molar-refractivity contribution is -0.117. The van der Waals surface area contributed by atoms with Crippen LogP contribution in [0.15, 0.2) is 78.6 Å². The molecule has 1 aliphatic heterocycles. The highest BCUT2D eigenvalue weighted by Gasteiger charge is 2.30. The molecule has 0 atom stereocenters. The number of benzene rings is 3. The third-order valence-electron chi connectivity index (χ3n) is 5.15. The summed E-state index contributed by atoms with van der Waals surface area (Å²) in [5.74, 6) is 0.559. The van der Waals surface area contributed by atoms with Gasteiger partial charge in [-0.25, -0.2) is 0 Å².